The Morgan fingerprint density at radius 1 is 1.17 bits per heavy atom. The molecule has 128 valence electrons. The third-order valence-corrected chi connectivity index (χ3v) is 4.23. The number of carbonyl (C=O) groups excluding carboxylic acids is 1. The molecule has 1 fully saturated rings. The van der Waals surface area contributed by atoms with Crippen LogP contribution in [-0.2, 0) is 4.79 Å². The molecule has 0 unspecified atom stereocenters. The van der Waals surface area contributed by atoms with Crippen molar-refractivity contribution >= 4 is 16.7 Å². The highest BCUT2D eigenvalue weighted by Crippen LogP contribution is 2.43. The number of hydrazine groups is 1. The molecule has 2 aromatic carbocycles. The van der Waals surface area contributed by atoms with Gasteiger partial charge in [0.25, 0.3) is 0 Å². The van der Waals surface area contributed by atoms with Gasteiger partial charge in [-0.05, 0) is 30.9 Å². The lowest BCUT2D eigenvalue weighted by Crippen LogP contribution is -2.43. The van der Waals surface area contributed by atoms with E-state index >= 15 is 0 Å². The fraction of sp³-hybridized carbons (Fsp3) is 0.353. The van der Waals surface area contributed by atoms with E-state index < -0.39 is 29.4 Å². The molecule has 1 heterocycles. The molecule has 7 heteroatoms. The molecule has 0 aliphatic carbocycles. The molecule has 1 aliphatic rings. The van der Waals surface area contributed by atoms with E-state index in [1.54, 1.807) is 26.0 Å². The topological polar surface area (TPSA) is 32.3 Å². The summed E-state index contributed by atoms with van der Waals surface area (Å²) in [4.78, 5) is 11.9. The molecule has 3 nitrogen and oxygen atoms in total. The van der Waals surface area contributed by atoms with E-state index in [1.807, 2.05) is 0 Å². The molecule has 24 heavy (non-hydrogen) atoms. The number of nitrogens with one attached hydrogen (secondary N) is 1. The van der Waals surface area contributed by atoms with Crippen molar-refractivity contribution in [3.63, 3.8) is 0 Å². The zero-order valence-electron chi connectivity index (χ0n) is 13.1. The Morgan fingerprint density at radius 2 is 1.79 bits per heavy atom. The minimum atomic E-state index is -4.68. The predicted molar refractivity (Wildman–Crippen MR) is 81.3 cm³/mol. The number of halogens is 4. The van der Waals surface area contributed by atoms with Crippen LogP contribution >= 0.6 is 0 Å². The number of hydrogen-bond acceptors (Lipinski definition) is 2. The molecule has 0 bridgehead atoms. The smallest absolute Gasteiger partial charge is 0.287 e. The van der Waals surface area contributed by atoms with Crippen LogP contribution in [0.15, 0.2) is 36.4 Å². The van der Waals surface area contributed by atoms with Gasteiger partial charge >= 0.3 is 6.18 Å². The van der Waals surface area contributed by atoms with Gasteiger partial charge in [-0.15, -0.1) is 0 Å². The van der Waals surface area contributed by atoms with Gasteiger partial charge in [0.15, 0.2) is 6.04 Å². The van der Waals surface area contributed by atoms with Crippen molar-refractivity contribution in [2.45, 2.75) is 26.1 Å². The van der Waals surface area contributed by atoms with E-state index in [1.165, 1.54) is 18.2 Å². The normalized spacial score (nSPS) is 19.5. The Morgan fingerprint density at radius 3 is 2.33 bits per heavy atom. The molecule has 0 spiro atoms. The van der Waals surface area contributed by atoms with Crippen molar-refractivity contribution in [1.29, 1.82) is 0 Å². The fourth-order valence-corrected chi connectivity index (χ4v) is 3.05. The summed E-state index contributed by atoms with van der Waals surface area (Å²) < 4.78 is 55.6. The summed E-state index contributed by atoms with van der Waals surface area (Å²) in [6.45, 7) is 3.01. The third kappa shape index (κ3) is 2.73. The lowest BCUT2D eigenvalue weighted by atomic mass is 9.93. The Bertz CT molecular complexity index is 796. The van der Waals surface area contributed by atoms with Gasteiger partial charge in [-0.1, -0.05) is 30.3 Å². The van der Waals surface area contributed by atoms with E-state index in [0.29, 0.717) is 5.39 Å². The average molecular weight is 340 g/mol. The van der Waals surface area contributed by atoms with Crippen LogP contribution in [-0.4, -0.2) is 23.6 Å². The number of rotatable bonds is 2. The minimum Gasteiger partial charge on any atom is -0.287 e. The summed E-state index contributed by atoms with van der Waals surface area (Å²) >= 11 is 0. The number of carbonyl (C=O) groups is 1. The second-order valence-corrected chi connectivity index (χ2v) is 6.58. The highest BCUT2D eigenvalue weighted by Gasteiger charge is 2.51. The van der Waals surface area contributed by atoms with Gasteiger partial charge in [-0.3, -0.25) is 10.2 Å². The van der Waals surface area contributed by atoms with Crippen LogP contribution in [0.2, 0.25) is 0 Å². The monoisotopic (exact) mass is 340 g/mol. The van der Waals surface area contributed by atoms with Gasteiger partial charge in [0.2, 0.25) is 5.91 Å². The van der Waals surface area contributed by atoms with Crippen molar-refractivity contribution in [3.05, 3.63) is 47.8 Å². The lowest BCUT2D eigenvalue weighted by Gasteiger charge is -2.30. The van der Waals surface area contributed by atoms with E-state index in [2.05, 4.69) is 5.43 Å². The number of amides is 1. The van der Waals surface area contributed by atoms with Crippen LogP contribution in [0.25, 0.3) is 10.8 Å². The Labute approximate surface area is 136 Å². The standard InChI is InChI=1S/C17H16F4N2O/c1-16(2)9-23(22-15(16)24)14(17(19,20)21)11-7-3-5-10-6-4-8-12(18)13(10)11/h3-8,14H,9H2,1-2H3,(H,22,24)/t14-/m0/s1. The molecule has 1 amide bonds. The van der Waals surface area contributed by atoms with Gasteiger partial charge in [-0.2, -0.15) is 13.2 Å². The molecule has 0 radical (unpaired) electrons. The van der Waals surface area contributed by atoms with Crippen LogP contribution in [0.3, 0.4) is 0 Å². The molecular formula is C17H16F4N2O. The zero-order valence-corrected chi connectivity index (χ0v) is 13.1. The SMILES string of the molecule is CC1(C)CN([C@@H](c2cccc3cccc(F)c23)C(F)(F)F)NC1=O. The quantitative estimate of drug-likeness (QED) is 0.840. The maximum atomic E-state index is 14.2. The van der Waals surface area contributed by atoms with Gasteiger partial charge < -0.3 is 0 Å². The number of fused-ring (bicyclic) bond motifs is 1. The third-order valence-electron chi connectivity index (χ3n) is 4.23. The van der Waals surface area contributed by atoms with Crippen molar-refractivity contribution < 1.29 is 22.4 Å². The van der Waals surface area contributed by atoms with Gasteiger partial charge in [0.1, 0.15) is 5.82 Å². The molecule has 2 aromatic rings. The van der Waals surface area contributed by atoms with Crippen LogP contribution in [0.1, 0.15) is 25.5 Å². The zero-order chi connectivity index (χ0) is 17.7. The number of hydrogen-bond donors (Lipinski definition) is 1. The van der Waals surface area contributed by atoms with Crippen molar-refractivity contribution in [2.24, 2.45) is 5.41 Å². The molecule has 0 saturated carbocycles. The van der Waals surface area contributed by atoms with Crippen LogP contribution in [0, 0.1) is 11.2 Å². The number of benzene rings is 2. The van der Waals surface area contributed by atoms with Crippen LogP contribution in [0.4, 0.5) is 17.6 Å². The summed E-state index contributed by atoms with van der Waals surface area (Å²) in [6, 6.07) is 6.28. The second kappa shape index (κ2) is 5.44. The first-order chi connectivity index (χ1) is 11.1. The Kier molecular flexibility index (Phi) is 3.79. The first kappa shape index (κ1) is 16.7. The summed E-state index contributed by atoms with van der Waals surface area (Å²) in [5.41, 5.74) is 1.12. The Hall–Kier alpha value is -2.15. The van der Waals surface area contributed by atoms with E-state index in [4.69, 9.17) is 0 Å². The minimum absolute atomic E-state index is 0.0821. The molecule has 1 saturated heterocycles. The van der Waals surface area contributed by atoms with E-state index in [9.17, 15) is 22.4 Å². The molecule has 3 rings (SSSR count). The molecular weight excluding hydrogens is 324 g/mol. The van der Waals surface area contributed by atoms with Crippen molar-refractivity contribution in [3.8, 4) is 0 Å². The molecule has 1 N–H and O–H groups in total. The predicted octanol–water partition coefficient (Wildman–Crippen LogP) is 3.96. The molecule has 1 atom stereocenters. The lowest BCUT2D eigenvalue weighted by molar-refractivity contribution is -0.191. The highest BCUT2D eigenvalue weighted by atomic mass is 19.4. The molecule has 0 aromatic heterocycles. The van der Waals surface area contributed by atoms with Gasteiger partial charge in [-0.25, -0.2) is 9.40 Å². The first-order valence-electron chi connectivity index (χ1n) is 7.43. The summed E-state index contributed by atoms with van der Waals surface area (Å²) in [5, 5.41) is 1.15. The first-order valence-corrected chi connectivity index (χ1v) is 7.43. The maximum absolute atomic E-state index is 14.2. The van der Waals surface area contributed by atoms with E-state index in [0.717, 1.165) is 11.1 Å². The van der Waals surface area contributed by atoms with Crippen LogP contribution in [0.5, 0.6) is 0 Å². The van der Waals surface area contributed by atoms with Crippen LogP contribution < -0.4 is 5.43 Å². The van der Waals surface area contributed by atoms with Gasteiger partial charge in [0.05, 0.1) is 5.41 Å². The van der Waals surface area contributed by atoms with Gasteiger partial charge in [0, 0.05) is 11.9 Å². The van der Waals surface area contributed by atoms with Crippen molar-refractivity contribution in [1.82, 2.24) is 10.4 Å². The second-order valence-electron chi connectivity index (χ2n) is 6.58. The average Bonchev–Trinajstić information content (AvgIpc) is 2.71. The maximum Gasteiger partial charge on any atom is 0.409 e. The number of alkyl halides is 3. The summed E-state index contributed by atoms with van der Waals surface area (Å²) in [7, 11) is 0. The summed E-state index contributed by atoms with van der Waals surface area (Å²) in [5.74, 6) is -1.21. The summed E-state index contributed by atoms with van der Waals surface area (Å²) in [6.07, 6.45) is -4.68. The fourth-order valence-electron chi connectivity index (χ4n) is 3.05. The van der Waals surface area contributed by atoms with Crippen molar-refractivity contribution in [2.75, 3.05) is 6.54 Å². The van der Waals surface area contributed by atoms with E-state index in [-0.39, 0.29) is 17.5 Å². The molecule has 1 aliphatic heterocycles. The Balaban J connectivity index is 2.18. The highest BCUT2D eigenvalue weighted by molar-refractivity contribution is 5.87. The number of nitrogens with zero attached hydrogens (tertiary/aromatic N) is 1. The largest absolute Gasteiger partial charge is 0.409 e.